The molecule has 1 aromatic rings. The second-order valence-corrected chi connectivity index (χ2v) is 5.23. The first-order valence-electron chi connectivity index (χ1n) is 7.00. The van der Waals surface area contributed by atoms with Crippen LogP contribution in [-0.2, 0) is 7.05 Å². The number of nitrogens with zero attached hydrogens (tertiary/aromatic N) is 1. The lowest BCUT2D eigenvalue weighted by Gasteiger charge is -2.15. The van der Waals surface area contributed by atoms with Crippen molar-refractivity contribution in [1.29, 1.82) is 0 Å². The predicted molar refractivity (Wildman–Crippen MR) is 73.8 cm³/mol. The molecule has 0 radical (unpaired) electrons. The Morgan fingerprint density at radius 2 is 2.26 bits per heavy atom. The molecule has 1 fully saturated rings. The minimum absolute atomic E-state index is 0.119. The van der Waals surface area contributed by atoms with Gasteiger partial charge in [0.15, 0.2) is 0 Å². The molecule has 0 saturated heterocycles. The van der Waals surface area contributed by atoms with Crippen LogP contribution in [0.3, 0.4) is 0 Å². The summed E-state index contributed by atoms with van der Waals surface area (Å²) in [6.07, 6.45) is 6.47. The third-order valence-corrected chi connectivity index (χ3v) is 3.72. The van der Waals surface area contributed by atoms with Gasteiger partial charge >= 0.3 is 6.03 Å². The van der Waals surface area contributed by atoms with E-state index < -0.39 is 6.10 Å². The lowest BCUT2D eigenvalue weighted by molar-refractivity contribution is 0.159. The minimum atomic E-state index is -0.535. The molecule has 0 bridgehead atoms. The molecule has 1 aromatic heterocycles. The van der Waals surface area contributed by atoms with Crippen molar-refractivity contribution in [2.45, 2.75) is 44.2 Å². The maximum Gasteiger partial charge on any atom is 0.315 e. The highest BCUT2D eigenvalue weighted by Crippen LogP contribution is 2.17. The number of nitrogens with one attached hydrogen (secondary N) is 2. The second-order valence-electron chi connectivity index (χ2n) is 5.23. The van der Waals surface area contributed by atoms with Crippen molar-refractivity contribution in [1.82, 2.24) is 15.2 Å². The molecule has 5 heteroatoms. The maximum absolute atomic E-state index is 11.6. The van der Waals surface area contributed by atoms with Crippen LogP contribution in [0, 0.1) is 0 Å². The Labute approximate surface area is 114 Å². The molecule has 5 nitrogen and oxygen atoms in total. The first kappa shape index (κ1) is 13.9. The van der Waals surface area contributed by atoms with E-state index in [0.717, 1.165) is 18.5 Å². The Morgan fingerprint density at radius 1 is 1.53 bits per heavy atom. The zero-order chi connectivity index (χ0) is 13.7. The average molecular weight is 265 g/mol. The van der Waals surface area contributed by atoms with Gasteiger partial charge in [0.05, 0.1) is 6.10 Å². The van der Waals surface area contributed by atoms with Crippen LogP contribution in [0.5, 0.6) is 0 Å². The summed E-state index contributed by atoms with van der Waals surface area (Å²) in [6.45, 7) is 0.477. The molecule has 1 aliphatic rings. The quantitative estimate of drug-likeness (QED) is 0.758. The number of rotatable bonds is 5. The highest BCUT2D eigenvalue weighted by atomic mass is 16.3. The number of aryl methyl sites for hydroxylation is 1. The fourth-order valence-electron chi connectivity index (χ4n) is 2.60. The molecule has 1 unspecified atom stereocenters. The highest BCUT2D eigenvalue weighted by molar-refractivity contribution is 5.74. The summed E-state index contributed by atoms with van der Waals surface area (Å²) in [5.41, 5.74) is 0.873. The maximum atomic E-state index is 11.6. The van der Waals surface area contributed by atoms with Gasteiger partial charge in [-0.15, -0.1) is 0 Å². The molecule has 1 heterocycles. The molecule has 3 N–H and O–H groups in total. The fourth-order valence-corrected chi connectivity index (χ4v) is 2.60. The van der Waals surface area contributed by atoms with Crippen LogP contribution in [-0.4, -0.2) is 28.3 Å². The third-order valence-electron chi connectivity index (χ3n) is 3.72. The van der Waals surface area contributed by atoms with E-state index in [0.29, 0.717) is 19.0 Å². The molecule has 2 rings (SSSR count). The molecular formula is C14H23N3O2. The van der Waals surface area contributed by atoms with Crippen LogP contribution < -0.4 is 10.6 Å². The van der Waals surface area contributed by atoms with Gasteiger partial charge in [0.25, 0.3) is 0 Å². The molecule has 1 saturated carbocycles. The molecular weight excluding hydrogens is 242 g/mol. The number of hydrogen-bond acceptors (Lipinski definition) is 2. The monoisotopic (exact) mass is 265 g/mol. The summed E-state index contributed by atoms with van der Waals surface area (Å²) in [5, 5.41) is 15.8. The smallest absolute Gasteiger partial charge is 0.315 e. The fraction of sp³-hybridized carbons (Fsp3) is 0.643. The van der Waals surface area contributed by atoms with Gasteiger partial charge in [-0.3, -0.25) is 0 Å². The van der Waals surface area contributed by atoms with E-state index in [4.69, 9.17) is 0 Å². The zero-order valence-electron chi connectivity index (χ0n) is 11.4. The van der Waals surface area contributed by atoms with E-state index in [1.165, 1.54) is 12.8 Å². The van der Waals surface area contributed by atoms with Crippen LogP contribution in [0.15, 0.2) is 18.3 Å². The van der Waals surface area contributed by atoms with Gasteiger partial charge in [0.2, 0.25) is 0 Å². The van der Waals surface area contributed by atoms with Gasteiger partial charge in [0.1, 0.15) is 0 Å². The summed E-state index contributed by atoms with van der Waals surface area (Å²) >= 11 is 0. The summed E-state index contributed by atoms with van der Waals surface area (Å²) < 4.78 is 1.89. The number of carbonyl (C=O) groups is 1. The Bertz CT molecular complexity index is 411. The predicted octanol–water partition coefficient (Wildman–Crippen LogP) is 1.69. The van der Waals surface area contributed by atoms with Crippen molar-refractivity contribution in [3.63, 3.8) is 0 Å². The number of aliphatic hydroxyl groups excluding tert-OH is 1. The zero-order valence-corrected chi connectivity index (χ0v) is 11.4. The number of aliphatic hydroxyl groups is 1. The molecule has 106 valence electrons. The lowest BCUT2D eigenvalue weighted by Crippen LogP contribution is -2.41. The number of carbonyl (C=O) groups excluding carboxylic acids is 1. The van der Waals surface area contributed by atoms with Crippen LogP contribution >= 0.6 is 0 Å². The van der Waals surface area contributed by atoms with E-state index in [2.05, 4.69) is 10.6 Å². The Balaban J connectivity index is 1.65. The largest absolute Gasteiger partial charge is 0.387 e. The van der Waals surface area contributed by atoms with Gasteiger partial charge in [-0.1, -0.05) is 12.8 Å². The van der Waals surface area contributed by atoms with Gasteiger partial charge < -0.3 is 20.3 Å². The summed E-state index contributed by atoms with van der Waals surface area (Å²) in [7, 11) is 1.90. The standard InChI is InChI=1S/C14H23N3O2/c1-17-10-4-7-12(17)13(18)8-9-15-14(19)16-11-5-2-3-6-11/h4,7,10-11,13,18H,2-3,5-6,8-9H2,1H3,(H2,15,16,19). The third kappa shape index (κ3) is 3.99. The van der Waals surface area contributed by atoms with Crippen LogP contribution in [0.1, 0.15) is 43.9 Å². The topological polar surface area (TPSA) is 66.3 Å². The Kier molecular flexibility index (Phi) is 4.85. The Morgan fingerprint density at radius 3 is 2.89 bits per heavy atom. The van der Waals surface area contributed by atoms with E-state index in [1.54, 1.807) is 0 Å². The van der Waals surface area contributed by atoms with Crippen molar-refractivity contribution in [3.05, 3.63) is 24.0 Å². The van der Waals surface area contributed by atoms with Crippen LogP contribution in [0.4, 0.5) is 4.79 Å². The highest BCUT2D eigenvalue weighted by Gasteiger charge is 2.17. The van der Waals surface area contributed by atoms with Gasteiger partial charge in [-0.05, 0) is 31.4 Å². The van der Waals surface area contributed by atoms with E-state index in [-0.39, 0.29) is 6.03 Å². The van der Waals surface area contributed by atoms with E-state index in [9.17, 15) is 9.90 Å². The number of aromatic nitrogens is 1. The molecule has 0 aliphatic heterocycles. The normalized spacial score (nSPS) is 17.4. The molecule has 1 aliphatic carbocycles. The molecule has 0 spiro atoms. The van der Waals surface area contributed by atoms with Crippen molar-refractivity contribution < 1.29 is 9.90 Å². The Hall–Kier alpha value is -1.49. The first-order chi connectivity index (χ1) is 9.16. The average Bonchev–Trinajstić information content (AvgIpc) is 3.00. The molecule has 1 atom stereocenters. The molecule has 19 heavy (non-hydrogen) atoms. The number of urea groups is 1. The number of amides is 2. The van der Waals surface area contributed by atoms with E-state index >= 15 is 0 Å². The molecule has 0 aromatic carbocycles. The van der Waals surface area contributed by atoms with Crippen molar-refractivity contribution in [2.75, 3.05) is 6.54 Å². The van der Waals surface area contributed by atoms with Crippen molar-refractivity contribution in [2.24, 2.45) is 7.05 Å². The lowest BCUT2D eigenvalue weighted by atomic mass is 10.2. The number of hydrogen-bond donors (Lipinski definition) is 3. The minimum Gasteiger partial charge on any atom is -0.387 e. The van der Waals surface area contributed by atoms with Crippen LogP contribution in [0.2, 0.25) is 0 Å². The van der Waals surface area contributed by atoms with Crippen molar-refractivity contribution in [3.8, 4) is 0 Å². The van der Waals surface area contributed by atoms with Crippen LogP contribution in [0.25, 0.3) is 0 Å². The summed E-state index contributed by atoms with van der Waals surface area (Å²) in [6, 6.07) is 4.01. The first-order valence-corrected chi connectivity index (χ1v) is 7.00. The SMILES string of the molecule is Cn1cccc1C(O)CCNC(=O)NC1CCCC1. The second kappa shape index (κ2) is 6.61. The van der Waals surface area contributed by atoms with Gasteiger partial charge in [-0.25, -0.2) is 4.79 Å². The van der Waals surface area contributed by atoms with Gasteiger partial charge in [-0.2, -0.15) is 0 Å². The molecule has 2 amide bonds. The van der Waals surface area contributed by atoms with Crippen molar-refractivity contribution >= 4 is 6.03 Å². The van der Waals surface area contributed by atoms with E-state index in [1.807, 2.05) is 29.9 Å². The van der Waals surface area contributed by atoms with Gasteiger partial charge in [0, 0.05) is 31.5 Å². The summed E-state index contributed by atoms with van der Waals surface area (Å²) in [4.78, 5) is 11.6. The summed E-state index contributed by atoms with van der Waals surface area (Å²) in [5.74, 6) is 0.